The maximum absolute atomic E-state index is 12.5. The lowest BCUT2D eigenvalue weighted by Crippen LogP contribution is -2.32. The highest BCUT2D eigenvalue weighted by atomic mass is 16.5. The largest absolute Gasteiger partial charge is 0.493 e. The molecule has 6 nitrogen and oxygen atoms in total. The Hall–Kier alpha value is -3.02. The van der Waals surface area contributed by atoms with Gasteiger partial charge >= 0.3 is 0 Å². The zero-order valence-corrected chi connectivity index (χ0v) is 15.8. The SMILES string of the molecule is COc1ccc(CNC(=O)C2CC(=O)N(c3cccc(C)c3)C2)cc1OC. The first-order valence-electron chi connectivity index (χ1n) is 8.87. The van der Waals surface area contributed by atoms with Crippen LogP contribution in [0.15, 0.2) is 42.5 Å². The molecule has 0 saturated carbocycles. The van der Waals surface area contributed by atoms with Crippen LogP contribution < -0.4 is 19.7 Å². The number of methoxy groups -OCH3 is 2. The molecule has 1 atom stereocenters. The van der Waals surface area contributed by atoms with Gasteiger partial charge in [-0.3, -0.25) is 9.59 Å². The fraction of sp³-hybridized carbons (Fsp3) is 0.333. The highest BCUT2D eigenvalue weighted by molar-refractivity contribution is 6.00. The lowest BCUT2D eigenvalue weighted by atomic mass is 10.1. The summed E-state index contributed by atoms with van der Waals surface area (Å²) in [6.45, 7) is 2.76. The van der Waals surface area contributed by atoms with Gasteiger partial charge in [-0.2, -0.15) is 0 Å². The van der Waals surface area contributed by atoms with Crippen molar-refractivity contribution < 1.29 is 19.1 Å². The van der Waals surface area contributed by atoms with E-state index in [9.17, 15) is 9.59 Å². The number of hydrogen-bond acceptors (Lipinski definition) is 4. The molecule has 27 heavy (non-hydrogen) atoms. The van der Waals surface area contributed by atoms with Crippen molar-refractivity contribution >= 4 is 17.5 Å². The van der Waals surface area contributed by atoms with Gasteiger partial charge in [-0.25, -0.2) is 0 Å². The van der Waals surface area contributed by atoms with Crippen LogP contribution in [0.1, 0.15) is 17.5 Å². The summed E-state index contributed by atoms with van der Waals surface area (Å²) in [5, 5.41) is 2.92. The van der Waals surface area contributed by atoms with Crippen LogP contribution >= 0.6 is 0 Å². The molecule has 0 radical (unpaired) electrons. The van der Waals surface area contributed by atoms with Gasteiger partial charge in [0.25, 0.3) is 0 Å². The number of aryl methyl sites for hydroxylation is 1. The van der Waals surface area contributed by atoms with E-state index < -0.39 is 0 Å². The molecule has 1 saturated heterocycles. The summed E-state index contributed by atoms with van der Waals surface area (Å²) < 4.78 is 10.5. The Labute approximate surface area is 159 Å². The van der Waals surface area contributed by atoms with E-state index in [0.29, 0.717) is 24.6 Å². The summed E-state index contributed by atoms with van der Waals surface area (Å²) >= 11 is 0. The number of benzene rings is 2. The number of nitrogens with one attached hydrogen (secondary N) is 1. The van der Waals surface area contributed by atoms with Crippen LogP contribution in [0.25, 0.3) is 0 Å². The van der Waals surface area contributed by atoms with E-state index in [-0.39, 0.29) is 24.2 Å². The first-order valence-corrected chi connectivity index (χ1v) is 8.87. The number of nitrogens with zero attached hydrogens (tertiary/aromatic N) is 1. The second kappa shape index (κ2) is 8.12. The zero-order valence-electron chi connectivity index (χ0n) is 15.8. The number of ether oxygens (including phenoxy) is 2. The summed E-state index contributed by atoms with van der Waals surface area (Å²) in [5.74, 6) is 0.770. The van der Waals surface area contributed by atoms with Crippen LogP contribution in [-0.2, 0) is 16.1 Å². The van der Waals surface area contributed by atoms with E-state index in [1.165, 1.54) is 0 Å². The molecule has 0 aromatic heterocycles. The zero-order chi connectivity index (χ0) is 19.4. The molecule has 2 amide bonds. The van der Waals surface area contributed by atoms with Gasteiger partial charge in [0.05, 0.1) is 20.1 Å². The van der Waals surface area contributed by atoms with E-state index in [2.05, 4.69) is 5.32 Å². The Morgan fingerprint density at radius 2 is 1.93 bits per heavy atom. The monoisotopic (exact) mass is 368 g/mol. The summed E-state index contributed by atoms with van der Waals surface area (Å²) in [7, 11) is 3.15. The van der Waals surface area contributed by atoms with E-state index >= 15 is 0 Å². The molecular formula is C21H24N2O4. The normalized spacial score (nSPS) is 16.3. The molecule has 1 heterocycles. The van der Waals surface area contributed by atoms with Crippen LogP contribution in [0.5, 0.6) is 11.5 Å². The minimum atomic E-state index is -0.349. The molecule has 142 valence electrons. The summed E-state index contributed by atoms with van der Waals surface area (Å²) in [4.78, 5) is 26.6. The van der Waals surface area contributed by atoms with Crippen molar-refractivity contribution in [3.63, 3.8) is 0 Å². The van der Waals surface area contributed by atoms with Crippen LogP contribution in [0, 0.1) is 12.8 Å². The average molecular weight is 368 g/mol. The third-order valence-corrected chi connectivity index (χ3v) is 4.72. The number of carbonyl (C=O) groups is 2. The van der Waals surface area contributed by atoms with Gasteiger partial charge < -0.3 is 19.7 Å². The van der Waals surface area contributed by atoms with Crippen molar-refractivity contribution in [2.24, 2.45) is 5.92 Å². The molecule has 0 bridgehead atoms. The topological polar surface area (TPSA) is 67.9 Å². The number of amides is 2. The van der Waals surface area contributed by atoms with Gasteiger partial charge in [0.15, 0.2) is 11.5 Å². The first kappa shape index (κ1) is 18.8. The summed E-state index contributed by atoms with van der Waals surface area (Å²) in [6, 6.07) is 13.3. The summed E-state index contributed by atoms with van der Waals surface area (Å²) in [5.41, 5.74) is 2.83. The molecule has 3 rings (SSSR count). The quantitative estimate of drug-likeness (QED) is 0.851. The molecule has 1 N–H and O–H groups in total. The van der Waals surface area contributed by atoms with Crippen molar-refractivity contribution in [1.29, 1.82) is 0 Å². The van der Waals surface area contributed by atoms with Gasteiger partial charge in [0.1, 0.15) is 0 Å². The number of rotatable bonds is 6. The lowest BCUT2D eigenvalue weighted by Gasteiger charge is -2.17. The van der Waals surface area contributed by atoms with Crippen molar-refractivity contribution in [2.45, 2.75) is 19.9 Å². The van der Waals surface area contributed by atoms with Crippen LogP contribution in [-0.4, -0.2) is 32.6 Å². The van der Waals surface area contributed by atoms with Crippen LogP contribution in [0.4, 0.5) is 5.69 Å². The Morgan fingerprint density at radius 1 is 1.15 bits per heavy atom. The maximum atomic E-state index is 12.5. The maximum Gasteiger partial charge on any atom is 0.227 e. The minimum Gasteiger partial charge on any atom is -0.493 e. The molecule has 1 unspecified atom stereocenters. The second-order valence-corrected chi connectivity index (χ2v) is 6.65. The highest BCUT2D eigenvalue weighted by Gasteiger charge is 2.35. The Balaban J connectivity index is 1.61. The van der Waals surface area contributed by atoms with Crippen LogP contribution in [0.3, 0.4) is 0 Å². The Bertz CT molecular complexity index is 850. The average Bonchev–Trinajstić information content (AvgIpc) is 3.07. The highest BCUT2D eigenvalue weighted by Crippen LogP contribution is 2.28. The molecule has 1 aliphatic heterocycles. The Morgan fingerprint density at radius 3 is 2.63 bits per heavy atom. The third-order valence-electron chi connectivity index (χ3n) is 4.72. The molecule has 0 spiro atoms. The van der Waals surface area contributed by atoms with Gasteiger partial charge in [-0.1, -0.05) is 18.2 Å². The lowest BCUT2D eigenvalue weighted by molar-refractivity contribution is -0.126. The standard InChI is InChI=1S/C21H24N2O4/c1-14-5-4-6-17(9-14)23-13-16(11-20(23)24)21(25)22-12-15-7-8-18(26-2)19(10-15)27-3/h4-10,16H,11-13H2,1-3H3,(H,22,25). The minimum absolute atomic E-state index is 0.0214. The molecule has 6 heteroatoms. The predicted octanol–water partition coefficient (Wildman–Crippen LogP) is 2.68. The Kier molecular flexibility index (Phi) is 5.64. The molecule has 2 aromatic rings. The number of carbonyl (C=O) groups excluding carboxylic acids is 2. The number of anilines is 1. The molecule has 0 aliphatic carbocycles. The van der Waals surface area contributed by atoms with E-state index in [1.54, 1.807) is 25.2 Å². The van der Waals surface area contributed by atoms with Crippen molar-refractivity contribution in [3.05, 3.63) is 53.6 Å². The molecule has 2 aromatic carbocycles. The van der Waals surface area contributed by atoms with Gasteiger partial charge in [-0.05, 0) is 42.3 Å². The molecule has 1 fully saturated rings. The second-order valence-electron chi connectivity index (χ2n) is 6.65. The number of hydrogen-bond donors (Lipinski definition) is 1. The van der Waals surface area contributed by atoms with Crippen molar-refractivity contribution in [3.8, 4) is 11.5 Å². The fourth-order valence-corrected chi connectivity index (χ4v) is 3.25. The predicted molar refractivity (Wildman–Crippen MR) is 103 cm³/mol. The van der Waals surface area contributed by atoms with Gasteiger partial charge in [0.2, 0.25) is 11.8 Å². The van der Waals surface area contributed by atoms with Crippen molar-refractivity contribution in [1.82, 2.24) is 5.32 Å². The first-order chi connectivity index (χ1) is 13.0. The van der Waals surface area contributed by atoms with E-state index in [1.807, 2.05) is 43.3 Å². The third kappa shape index (κ3) is 4.22. The van der Waals surface area contributed by atoms with Gasteiger partial charge in [0, 0.05) is 25.2 Å². The van der Waals surface area contributed by atoms with E-state index in [4.69, 9.17) is 9.47 Å². The fourth-order valence-electron chi connectivity index (χ4n) is 3.25. The van der Waals surface area contributed by atoms with Crippen LogP contribution in [0.2, 0.25) is 0 Å². The smallest absolute Gasteiger partial charge is 0.227 e. The van der Waals surface area contributed by atoms with Crippen molar-refractivity contribution in [2.75, 3.05) is 25.7 Å². The van der Waals surface area contributed by atoms with Gasteiger partial charge in [-0.15, -0.1) is 0 Å². The summed E-state index contributed by atoms with van der Waals surface area (Å²) in [6.07, 6.45) is 0.228. The molecule has 1 aliphatic rings. The van der Waals surface area contributed by atoms with E-state index in [0.717, 1.165) is 16.8 Å². The molecular weight excluding hydrogens is 344 g/mol.